The molecule has 0 radical (unpaired) electrons. The minimum absolute atomic E-state index is 0.207. The summed E-state index contributed by atoms with van der Waals surface area (Å²) in [6, 6.07) is 17.6. The molecule has 1 aromatic heterocycles. The number of carbonyl (C=O) groups is 1. The van der Waals surface area contributed by atoms with Gasteiger partial charge in [-0.3, -0.25) is 4.79 Å². The van der Waals surface area contributed by atoms with Crippen LogP contribution in [0.15, 0.2) is 77.4 Å². The molecule has 0 bridgehead atoms. The van der Waals surface area contributed by atoms with Gasteiger partial charge in [-0.25, -0.2) is 4.39 Å². The summed E-state index contributed by atoms with van der Waals surface area (Å²) in [6.07, 6.45) is 3.88. The first-order chi connectivity index (χ1) is 15.9. The van der Waals surface area contributed by atoms with E-state index >= 15 is 0 Å². The van der Waals surface area contributed by atoms with E-state index in [4.69, 9.17) is 20.8 Å². The Morgan fingerprint density at radius 2 is 1.85 bits per heavy atom. The largest absolute Gasteiger partial charge is 0.496 e. The molecule has 0 spiro atoms. The van der Waals surface area contributed by atoms with Crippen LogP contribution in [0.1, 0.15) is 18.1 Å². The topological polar surface area (TPSA) is 51.5 Å². The number of allylic oxidation sites excluding steroid dienone is 1. The fraction of sp³-hybridized carbons (Fsp3) is 0.148. The number of halogens is 2. The zero-order chi connectivity index (χ0) is 23.4. The third-order valence-electron chi connectivity index (χ3n) is 5.45. The quantitative estimate of drug-likeness (QED) is 0.312. The second kappa shape index (κ2) is 9.92. The van der Waals surface area contributed by atoms with Gasteiger partial charge in [-0.05, 0) is 60.4 Å². The van der Waals surface area contributed by atoms with Crippen molar-refractivity contribution in [1.82, 2.24) is 5.32 Å². The van der Waals surface area contributed by atoms with E-state index < -0.39 is 0 Å². The first-order valence-corrected chi connectivity index (χ1v) is 10.9. The number of amides is 1. The van der Waals surface area contributed by atoms with Crippen LogP contribution in [-0.4, -0.2) is 19.6 Å². The van der Waals surface area contributed by atoms with Gasteiger partial charge in [0, 0.05) is 40.2 Å². The van der Waals surface area contributed by atoms with Crippen LogP contribution < -0.4 is 10.1 Å². The first kappa shape index (κ1) is 22.6. The van der Waals surface area contributed by atoms with Crippen LogP contribution in [0.3, 0.4) is 0 Å². The Morgan fingerprint density at radius 1 is 1.12 bits per heavy atom. The highest BCUT2D eigenvalue weighted by Gasteiger charge is 2.15. The maximum atomic E-state index is 13.0. The zero-order valence-corrected chi connectivity index (χ0v) is 19.1. The van der Waals surface area contributed by atoms with Gasteiger partial charge < -0.3 is 14.5 Å². The van der Waals surface area contributed by atoms with E-state index in [0.29, 0.717) is 29.3 Å². The summed E-state index contributed by atoms with van der Waals surface area (Å²) >= 11 is 6.02. The fourth-order valence-corrected chi connectivity index (χ4v) is 3.82. The second-order valence-electron chi connectivity index (χ2n) is 7.70. The third-order valence-corrected chi connectivity index (χ3v) is 5.70. The fourth-order valence-electron chi connectivity index (χ4n) is 3.69. The lowest BCUT2D eigenvalue weighted by molar-refractivity contribution is -0.116. The highest BCUT2D eigenvalue weighted by atomic mass is 35.5. The molecule has 0 saturated carbocycles. The van der Waals surface area contributed by atoms with Crippen LogP contribution >= 0.6 is 11.6 Å². The van der Waals surface area contributed by atoms with E-state index in [1.54, 1.807) is 31.6 Å². The summed E-state index contributed by atoms with van der Waals surface area (Å²) in [4.78, 5) is 12.5. The zero-order valence-electron chi connectivity index (χ0n) is 18.3. The lowest BCUT2D eigenvalue weighted by Gasteiger charge is -2.10. The van der Waals surface area contributed by atoms with Gasteiger partial charge in [0.25, 0.3) is 0 Å². The molecule has 4 nitrogen and oxygen atoms in total. The summed E-state index contributed by atoms with van der Waals surface area (Å²) < 4.78 is 24.3. The van der Waals surface area contributed by atoms with E-state index in [9.17, 15) is 9.18 Å². The number of hydrogen-bond donors (Lipinski definition) is 1. The molecule has 33 heavy (non-hydrogen) atoms. The smallest absolute Gasteiger partial charge is 0.244 e. The molecule has 0 aliphatic rings. The van der Waals surface area contributed by atoms with Gasteiger partial charge in [0.05, 0.1) is 13.4 Å². The van der Waals surface area contributed by atoms with Crippen molar-refractivity contribution in [2.45, 2.75) is 13.3 Å². The average Bonchev–Trinajstić information content (AvgIpc) is 3.23. The van der Waals surface area contributed by atoms with Crippen molar-refractivity contribution >= 4 is 34.1 Å². The number of hydrogen-bond acceptors (Lipinski definition) is 3. The minimum atomic E-state index is -0.274. The predicted molar refractivity (Wildman–Crippen MR) is 130 cm³/mol. The summed E-state index contributed by atoms with van der Waals surface area (Å²) in [7, 11) is 1.59. The van der Waals surface area contributed by atoms with Gasteiger partial charge in [-0.1, -0.05) is 35.9 Å². The molecule has 4 rings (SSSR count). The maximum absolute atomic E-state index is 13.0. The minimum Gasteiger partial charge on any atom is -0.496 e. The molecule has 1 heterocycles. The molecular weight excluding hydrogens is 441 g/mol. The first-order valence-electron chi connectivity index (χ1n) is 10.5. The van der Waals surface area contributed by atoms with E-state index in [2.05, 4.69) is 5.32 Å². The molecule has 0 unspecified atom stereocenters. The van der Waals surface area contributed by atoms with E-state index in [-0.39, 0.29) is 11.7 Å². The van der Waals surface area contributed by atoms with Gasteiger partial charge in [-0.15, -0.1) is 0 Å². The molecule has 1 N–H and O–H groups in total. The van der Waals surface area contributed by atoms with E-state index in [0.717, 1.165) is 33.2 Å². The van der Waals surface area contributed by atoms with Crippen LogP contribution in [-0.2, 0) is 11.2 Å². The van der Waals surface area contributed by atoms with Crippen LogP contribution in [0.25, 0.3) is 27.7 Å². The Kier molecular flexibility index (Phi) is 6.80. The number of ether oxygens (including phenoxy) is 1. The van der Waals surface area contributed by atoms with Crippen LogP contribution in [0.4, 0.5) is 4.39 Å². The average molecular weight is 464 g/mol. The standard InChI is InChI=1S/C27H23ClFNO3/c1-17(13-27(31)30-12-11-18-3-9-21(29)10-4-18)22-14-23-24(19-5-7-20(28)8-6-19)16-33-26(23)15-25(22)32-2/h3-10,13-16H,11-12H2,1-2H3,(H,30,31)/b17-13+. The highest BCUT2D eigenvalue weighted by molar-refractivity contribution is 6.30. The summed E-state index contributed by atoms with van der Waals surface area (Å²) in [5.41, 5.74) is 5.12. The molecule has 6 heteroatoms. The van der Waals surface area contributed by atoms with Crippen molar-refractivity contribution in [1.29, 1.82) is 0 Å². The summed E-state index contributed by atoms with van der Waals surface area (Å²) in [5.74, 6) is 0.137. The van der Waals surface area contributed by atoms with Crippen molar-refractivity contribution in [3.8, 4) is 16.9 Å². The van der Waals surface area contributed by atoms with Crippen molar-refractivity contribution in [3.05, 3.63) is 95.0 Å². The monoisotopic (exact) mass is 463 g/mol. The molecule has 0 fully saturated rings. The van der Waals surface area contributed by atoms with Gasteiger partial charge >= 0.3 is 0 Å². The van der Waals surface area contributed by atoms with Crippen LogP contribution in [0.5, 0.6) is 5.75 Å². The SMILES string of the molecule is COc1cc2occ(-c3ccc(Cl)cc3)c2cc1/C(C)=C/C(=O)NCCc1ccc(F)cc1. The van der Waals surface area contributed by atoms with E-state index in [1.807, 2.05) is 43.3 Å². The Balaban J connectivity index is 1.55. The normalized spacial score (nSPS) is 11.6. The number of benzene rings is 3. The lowest BCUT2D eigenvalue weighted by Crippen LogP contribution is -2.23. The Morgan fingerprint density at radius 3 is 2.55 bits per heavy atom. The van der Waals surface area contributed by atoms with Crippen molar-refractivity contribution in [2.75, 3.05) is 13.7 Å². The Labute approximate surface area is 196 Å². The number of fused-ring (bicyclic) bond motifs is 1. The lowest BCUT2D eigenvalue weighted by atomic mass is 9.99. The van der Waals surface area contributed by atoms with Crippen LogP contribution in [0.2, 0.25) is 5.02 Å². The molecule has 3 aromatic carbocycles. The van der Waals surface area contributed by atoms with Crippen molar-refractivity contribution in [2.24, 2.45) is 0 Å². The summed E-state index contributed by atoms with van der Waals surface area (Å²) in [5, 5.41) is 4.46. The Hall–Kier alpha value is -3.57. The van der Waals surface area contributed by atoms with Gasteiger partial charge in [0.2, 0.25) is 5.91 Å². The second-order valence-corrected chi connectivity index (χ2v) is 8.14. The molecule has 0 saturated heterocycles. The van der Waals surface area contributed by atoms with Gasteiger partial charge in [0.1, 0.15) is 17.1 Å². The summed E-state index contributed by atoms with van der Waals surface area (Å²) in [6.45, 7) is 2.32. The van der Waals surface area contributed by atoms with Gasteiger partial charge in [-0.2, -0.15) is 0 Å². The van der Waals surface area contributed by atoms with E-state index in [1.165, 1.54) is 12.1 Å². The molecule has 0 aliphatic carbocycles. The maximum Gasteiger partial charge on any atom is 0.244 e. The number of nitrogens with one attached hydrogen (secondary N) is 1. The number of carbonyl (C=O) groups excluding carboxylic acids is 1. The van der Waals surface area contributed by atoms with Crippen LogP contribution in [0, 0.1) is 5.82 Å². The molecule has 4 aromatic rings. The molecular formula is C27H23ClFNO3. The molecule has 0 atom stereocenters. The van der Waals surface area contributed by atoms with Crippen molar-refractivity contribution in [3.63, 3.8) is 0 Å². The molecule has 168 valence electrons. The number of rotatable bonds is 7. The highest BCUT2D eigenvalue weighted by Crippen LogP contribution is 2.37. The van der Waals surface area contributed by atoms with Crippen molar-refractivity contribution < 1.29 is 18.3 Å². The Bertz CT molecular complexity index is 1310. The molecule has 0 aliphatic heterocycles. The molecule has 1 amide bonds. The number of methoxy groups -OCH3 is 1. The van der Waals surface area contributed by atoms with Gasteiger partial charge in [0.15, 0.2) is 0 Å². The third kappa shape index (κ3) is 5.26. The number of furan rings is 1. The predicted octanol–water partition coefficient (Wildman–Crippen LogP) is 6.66.